The van der Waals surface area contributed by atoms with Crippen molar-refractivity contribution in [1.29, 1.82) is 0 Å². The fourth-order valence-corrected chi connectivity index (χ4v) is 12.9. The number of aromatic nitrogens is 12. The van der Waals surface area contributed by atoms with E-state index in [0.717, 1.165) is 80.8 Å². The molecule has 17 rings (SSSR count). The molecule has 0 saturated carbocycles. The second-order valence-electron chi connectivity index (χ2n) is 29.1. The molecule has 47 heteroatoms. The lowest BCUT2D eigenvalue weighted by Crippen LogP contribution is -2.55. The van der Waals surface area contributed by atoms with Crippen LogP contribution >= 0.6 is 0 Å². The van der Waals surface area contributed by atoms with Crippen molar-refractivity contribution in [3.63, 3.8) is 0 Å². The van der Waals surface area contributed by atoms with Crippen LogP contribution < -0.4 is 26.6 Å². The smallest absolute Gasteiger partial charge is 0.438 e. The number of benzene rings is 6. The number of carboxylic acid groups (broad SMARTS) is 5. The van der Waals surface area contributed by atoms with Crippen LogP contribution in [0.25, 0.3) is 50.8 Å². The largest absolute Gasteiger partial charge is 0.478 e. The molecular formula is C92H66F15N19O13. The monoisotopic (exact) mass is 1930 g/mol. The fraction of sp³-hybridized carbons (Fsp3) is 0.0978. The third-order valence-corrected chi connectivity index (χ3v) is 19.8. The van der Waals surface area contributed by atoms with Crippen molar-refractivity contribution in [2.24, 2.45) is 16.0 Å². The Bertz CT molecular complexity index is 6740. The van der Waals surface area contributed by atoms with Gasteiger partial charge in [0.15, 0.2) is 5.69 Å². The van der Waals surface area contributed by atoms with E-state index in [4.69, 9.17) is 31.4 Å². The van der Waals surface area contributed by atoms with Crippen molar-refractivity contribution >= 4 is 69.9 Å². The van der Waals surface area contributed by atoms with E-state index in [9.17, 15) is 105 Å². The van der Waals surface area contributed by atoms with Crippen LogP contribution in [0.2, 0.25) is 0 Å². The number of aliphatic hydroxyl groups is 2. The summed E-state index contributed by atoms with van der Waals surface area (Å²) in [6.45, 7) is 0. The average molecular weight is 1930 g/mol. The lowest BCUT2D eigenvalue weighted by atomic mass is 10.0. The highest BCUT2D eigenvalue weighted by molar-refractivity contribution is 6.05. The van der Waals surface area contributed by atoms with Crippen LogP contribution in [0.3, 0.4) is 0 Å². The van der Waals surface area contributed by atoms with Gasteiger partial charge >= 0.3 is 60.7 Å². The normalized spacial score (nSPS) is 14.5. The zero-order valence-electron chi connectivity index (χ0n) is 70.3. The number of nitrogen functional groups attached to an aromatic ring is 1. The summed E-state index contributed by atoms with van der Waals surface area (Å²) in [6, 6.07) is 53.5. The number of carboxylic acids is 5. The van der Waals surface area contributed by atoms with E-state index in [2.05, 4.69) is 66.1 Å². The number of carbonyl (C=O) groups excluding carboxylic acids is 1. The van der Waals surface area contributed by atoms with Crippen LogP contribution in [-0.4, -0.2) is 166 Å². The minimum atomic E-state index is -4.98. The lowest BCUT2D eigenvalue weighted by Gasteiger charge is -2.34. The first kappa shape index (κ1) is 100. The van der Waals surface area contributed by atoms with E-state index in [1.807, 2.05) is 0 Å². The van der Waals surface area contributed by atoms with Gasteiger partial charge in [-0.3, -0.25) is 40.5 Å². The van der Waals surface area contributed by atoms with E-state index in [-0.39, 0.29) is 85.0 Å². The summed E-state index contributed by atoms with van der Waals surface area (Å²) in [5, 5.41) is 87.8. The summed E-state index contributed by atoms with van der Waals surface area (Å²) in [5.74, 6) is -0.944. The van der Waals surface area contributed by atoms with Gasteiger partial charge in [0.1, 0.15) is 11.4 Å². The number of hydrogen-bond acceptors (Lipinski definition) is 23. The third kappa shape index (κ3) is 24.4. The van der Waals surface area contributed by atoms with Crippen LogP contribution in [0.4, 0.5) is 88.6 Å². The molecule has 2 unspecified atom stereocenters. The van der Waals surface area contributed by atoms with Gasteiger partial charge in [-0.25, -0.2) is 48.0 Å². The molecule has 0 saturated heterocycles. The first-order chi connectivity index (χ1) is 65.8. The topological polar surface area (TPSA) is 456 Å². The summed E-state index contributed by atoms with van der Waals surface area (Å²) in [7, 11) is 0. The van der Waals surface area contributed by atoms with Gasteiger partial charge in [-0.1, -0.05) is 12.1 Å². The summed E-state index contributed by atoms with van der Waals surface area (Å²) >= 11 is 0. The minimum absolute atomic E-state index is 0.0213. The Labute approximate surface area is 771 Å². The van der Waals surface area contributed by atoms with E-state index in [1.165, 1.54) is 159 Å². The minimum Gasteiger partial charge on any atom is -0.478 e. The zero-order valence-corrected chi connectivity index (χ0v) is 70.3. The van der Waals surface area contributed by atoms with Gasteiger partial charge in [0.05, 0.1) is 97.6 Å². The van der Waals surface area contributed by atoms with Crippen LogP contribution in [0.5, 0.6) is 0 Å². The van der Waals surface area contributed by atoms with E-state index >= 15 is 0 Å². The molecule has 0 bridgehead atoms. The van der Waals surface area contributed by atoms with Crippen LogP contribution in [0.15, 0.2) is 321 Å². The van der Waals surface area contributed by atoms with Gasteiger partial charge in [-0.2, -0.15) is 91.4 Å². The number of hydrogen-bond donors (Lipinski definition) is 10. The Morgan fingerprint density at radius 3 is 0.921 bits per heavy atom. The zero-order chi connectivity index (χ0) is 101. The van der Waals surface area contributed by atoms with Crippen molar-refractivity contribution in [1.82, 2.24) is 59.2 Å². The van der Waals surface area contributed by atoms with E-state index in [0.29, 0.717) is 60.5 Å². The molecule has 11 N–H and O–H groups in total. The summed E-state index contributed by atoms with van der Waals surface area (Å²) < 4.78 is 203. The molecule has 139 heavy (non-hydrogen) atoms. The third-order valence-electron chi connectivity index (χ3n) is 19.8. The molecule has 0 fully saturated rings. The van der Waals surface area contributed by atoms with Crippen LogP contribution in [0.1, 0.15) is 103 Å². The van der Waals surface area contributed by atoms with Gasteiger partial charge in [-0.15, -0.1) is 0 Å². The number of nitrogens with zero attached hydrogens (tertiary/aromatic N) is 16. The second kappa shape index (κ2) is 42.2. The summed E-state index contributed by atoms with van der Waals surface area (Å²) in [4.78, 5) is 89.4. The second-order valence-corrected chi connectivity index (χ2v) is 29.1. The number of nitrogens with one attached hydrogen (secondary N) is 2. The Kier molecular flexibility index (Phi) is 30.4. The highest BCUT2D eigenvalue weighted by atomic mass is 19.4. The molecule has 11 heterocycles. The first-order valence-corrected chi connectivity index (χ1v) is 39.7. The SMILES string of the molecule is NNc1ccc(C(=O)O)cc1.O=C(Nc1ccncc1)c1ccc(-n2nc(-c3cccnc3)cc2C(F)(F)F)cc1.O=C(O)c1ccc(-n2nc(-c3cccnc3)cc2C(F)(F)F)cc1.O=C(O)c1ccc(-n2nc(C(F)(F)F)cc2-c2cccnc2)cc1.O=C(O)c1ccc(N2N=C(c3cccnc3)CC2(O)C(F)(F)F)cc1.O=C(O)c1ccc(N2N=C(c3cccnc3)CC2(O)C(F)(F)F)cc1. The number of pyridine rings is 6. The average Bonchev–Trinajstić information content (AvgIpc) is 1.60. The molecule has 32 nitrogen and oxygen atoms in total. The molecule has 2 aliphatic heterocycles. The van der Waals surface area contributed by atoms with Crippen LogP contribution in [0, 0.1) is 0 Å². The molecule has 2 aliphatic rings. The molecule has 0 aliphatic carbocycles. The quantitative estimate of drug-likeness (QED) is 0.0217. The molecule has 9 aromatic heterocycles. The number of hydrazone groups is 2. The molecule has 15 aromatic rings. The number of halogens is 15. The number of aromatic carboxylic acids is 5. The maximum atomic E-state index is 13.6. The molecule has 6 aromatic carbocycles. The highest BCUT2D eigenvalue weighted by Gasteiger charge is 2.63. The standard InChI is InChI=1S/C21H14F3N5O.2C16H12F3N3O3.2C16H10F3N3O2.C7H8N2O2/c22-21(23,24)19-12-18(15-2-1-9-26-13-15)28-29(19)17-5-3-14(4-6-17)20(30)27-16-7-10-25-11-8-16;2*17-16(18,19)15(25)8-13(11-2-1-7-20-9-11)21-22(15)12-5-3-10(4-6-12)14(23)24;17-16(18,19)14-8-13(11-2-1-7-20-9-11)22(21-14)12-5-3-10(4-6-12)15(23)24;17-16(18,19)14-8-13(11-2-1-7-20-9-11)21-22(14)12-5-3-10(4-6-12)15(23)24;8-9-6-3-1-5(2-4-6)7(10)11/h1-13H,(H,25,27,30);2*1-7,9,25H,8H2,(H,23,24);2*1-9H,(H,23,24);1-4,9H,8H2,(H,10,11). The number of alkyl halides is 15. The predicted molar refractivity (Wildman–Crippen MR) is 467 cm³/mol. The number of rotatable bonds is 18. The fourth-order valence-electron chi connectivity index (χ4n) is 12.9. The van der Waals surface area contributed by atoms with Crippen molar-refractivity contribution in [3.05, 3.63) is 373 Å². The number of nitrogens with two attached hydrogens (primary N) is 1. The molecule has 2 atom stereocenters. The molecule has 0 spiro atoms. The van der Waals surface area contributed by atoms with Gasteiger partial charge in [0.2, 0.25) is 0 Å². The summed E-state index contributed by atoms with van der Waals surface area (Å²) in [6.07, 6.45) is -7.76. The van der Waals surface area contributed by atoms with Crippen LogP contribution in [-0.2, 0) is 18.5 Å². The molecule has 0 radical (unpaired) electrons. The van der Waals surface area contributed by atoms with Crippen molar-refractivity contribution in [3.8, 4) is 50.8 Å². The van der Waals surface area contributed by atoms with Gasteiger partial charge < -0.3 is 46.5 Å². The first-order valence-electron chi connectivity index (χ1n) is 39.7. The lowest BCUT2D eigenvalue weighted by molar-refractivity contribution is -0.254. The Hall–Kier alpha value is -17.8. The maximum Gasteiger partial charge on any atom is 0.438 e. The number of carbonyl (C=O) groups is 6. The highest BCUT2D eigenvalue weighted by Crippen LogP contribution is 2.47. The Balaban J connectivity index is 0.000000152. The number of hydrazine groups is 1. The number of amides is 1. The van der Waals surface area contributed by atoms with E-state index in [1.54, 1.807) is 84.9 Å². The Morgan fingerprint density at radius 2 is 0.626 bits per heavy atom. The predicted octanol–water partition coefficient (Wildman–Crippen LogP) is 17.9. The number of anilines is 4. The maximum absolute atomic E-state index is 13.6. The molecular weight excluding hydrogens is 1860 g/mol. The van der Waals surface area contributed by atoms with Gasteiger partial charge in [-0.05, 0) is 224 Å². The molecule has 1 amide bonds. The van der Waals surface area contributed by atoms with Crippen molar-refractivity contribution in [2.45, 2.75) is 55.2 Å². The summed E-state index contributed by atoms with van der Waals surface area (Å²) in [5.41, 5.74) is -2.28. The molecule has 712 valence electrons. The Morgan fingerprint density at radius 1 is 0.324 bits per heavy atom. The van der Waals surface area contributed by atoms with Crippen molar-refractivity contribution in [2.75, 3.05) is 20.8 Å². The van der Waals surface area contributed by atoms with Gasteiger partial charge in [0, 0.05) is 119 Å². The van der Waals surface area contributed by atoms with Crippen molar-refractivity contribution < 1.29 is 130 Å². The van der Waals surface area contributed by atoms with E-state index < -0.39 is 102 Å². The van der Waals surface area contributed by atoms with Gasteiger partial charge in [0.25, 0.3) is 17.4 Å².